The van der Waals surface area contributed by atoms with Gasteiger partial charge in [0.2, 0.25) is 70.9 Å². The van der Waals surface area contributed by atoms with Gasteiger partial charge in [0, 0.05) is 49.4 Å². The molecule has 4 aromatic rings. The lowest BCUT2D eigenvalue weighted by Gasteiger charge is -2.29. The number of fused-ring (bicyclic) bond motifs is 1. The molecule has 0 saturated heterocycles. The summed E-state index contributed by atoms with van der Waals surface area (Å²) in [5.74, 6) is -19.5. The van der Waals surface area contributed by atoms with E-state index in [-0.39, 0.29) is 55.5 Å². The number of unbranched alkanes of at least 4 members (excludes halogenated alkanes) is 1. The van der Waals surface area contributed by atoms with E-state index in [1.165, 1.54) is 39.2 Å². The van der Waals surface area contributed by atoms with Crippen LogP contribution in [0.3, 0.4) is 0 Å². The van der Waals surface area contributed by atoms with Crippen LogP contribution in [0, 0.1) is 32.1 Å². The highest BCUT2D eigenvalue weighted by Gasteiger charge is 2.38. The number of amides is 12. The number of carbonyl (C=O) groups is 15. The fourth-order valence-corrected chi connectivity index (χ4v) is 10.7. The number of carboxylic acids is 3. The van der Waals surface area contributed by atoms with Crippen molar-refractivity contribution in [3.63, 3.8) is 0 Å². The molecule has 0 aliphatic rings. The van der Waals surface area contributed by atoms with Gasteiger partial charge in [-0.1, -0.05) is 58.0 Å². The van der Waals surface area contributed by atoms with E-state index < -0.39 is 239 Å². The van der Waals surface area contributed by atoms with Crippen molar-refractivity contribution in [3.8, 4) is 5.75 Å². The molecule has 1 aromatic heterocycles. The highest BCUT2D eigenvalue weighted by molar-refractivity contribution is 6.01. The first kappa shape index (κ1) is 88.7. The number of non-ortho nitro benzene ring substituents is 1. The Hall–Kier alpha value is -12.7. The second-order valence-electron chi connectivity index (χ2n) is 25.8. The molecule has 41 heteroatoms. The molecule has 10 atom stereocenters. The first-order valence-corrected chi connectivity index (χ1v) is 34.0. The van der Waals surface area contributed by atoms with Crippen LogP contribution in [0.1, 0.15) is 110 Å². The molecule has 0 fully saturated rings. The summed E-state index contributed by atoms with van der Waals surface area (Å²) >= 11 is 0. The van der Waals surface area contributed by atoms with Crippen LogP contribution >= 0.6 is 0 Å². The zero-order chi connectivity index (χ0) is 81.5. The van der Waals surface area contributed by atoms with Crippen molar-refractivity contribution in [1.29, 1.82) is 0 Å². The number of hydrogen-bond donors (Lipinski definition) is 17. The summed E-state index contributed by atoms with van der Waals surface area (Å²) in [7, 11) is 1.37. The molecule has 0 saturated carbocycles. The van der Waals surface area contributed by atoms with Gasteiger partial charge in [-0.2, -0.15) is 0 Å². The van der Waals surface area contributed by atoms with Crippen LogP contribution in [-0.2, 0) is 84.8 Å². The smallest absolute Gasteiger partial charge is 0.336 e. The number of hydrogen-bond acceptors (Lipinski definition) is 24. The average Bonchev–Trinajstić information content (AvgIpc) is 0.804. The molecule has 41 nitrogen and oxygen atoms in total. The van der Waals surface area contributed by atoms with Crippen LogP contribution in [0.15, 0.2) is 82.0 Å². The summed E-state index contributed by atoms with van der Waals surface area (Å²) in [6, 6.07) is -0.961. The molecule has 0 aliphatic carbocycles. The summed E-state index contributed by atoms with van der Waals surface area (Å²) in [6.07, 6.45) is -5.75. The number of methoxy groups -OCH3 is 1. The Morgan fingerprint density at radius 3 is 1.63 bits per heavy atom. The molecule has 1 heterocycles. The number of benzene rings is 3. The Morgan fingerprint density at radius 1 is 0.541 bits per heavy atom. The lowest BCUT2D eigenvalue weighted by atomic mass is 10.00. The Kier molecular flexibility index (Phi) is 35.0. The quantitative estimate of drug-likeness (QED) is 0.00967. The standard InChI is InChI=1S/C68H89N15O26/c1-33(2)24-45(77-66(101)47(30-52(69)85)80-68(103)58(34(3)4)81-62(97)44(20-22-55(89)90)76-67(102)49(32-84)73-53(86)26-37-27-57(93)109-51-29-39(108-6)16-17-40(37)51)64(99)79-48(31-56(91)92)63(98)72-35(5)60(95)75-43(19-21-54(87)88)61(96)78-46(25-36-12-8-7-9-13-36)65(100)74-42(59(70)94)14-10-11-23-71-41-18-15-38(82(104)105)28-50(41)83(106)107/h7-9,12-13,15-18,27-29,33-35,42-49,58,71,84H,10-11,14,19-26,30-32H2,1-6H3,(H2,69,85)(H2,70,94)(H,72,98)(H,73,86)(H,74,100)(H,75,95)(H,76,102)(H,77,101)(H,78,96)(H,79,99)(H,80,103)(H,81,97)(H,87,88)(H,89,90)(H,91,92). The molecule has 0 aliphatic heterocycles. The van der Waals surface area contributed by atoms with Crippen molar-refractivity contribution in [3.05, 3.63) is 115 Å². The molecular formula is C68H89N15O26. The third-order valence-corrected chi connectivity index (χ3v) is 16.4. The maximum Gasteiger partial charge on any atom is 0.336 e. The normalized spacial score (nSPS) is 13.8. The molecule has 109 heavy (non-hydrogen) atoms. The highest BCUT2D eigenvalue weighted by atomic mass is 16.6. The number of anilines is 1. The number of rotatable bonds is 47. The Morgan fingerprint density at radius 2 is 1.07 bits per heavy atom. The number of nitrogens with zero attached hydrogens (tertiary/aromatic N) is 2. The van der Waals surface area contributed by atoms with Gasteiger partial charge in [0.25, 0.3) is 11.4 Å². The fourth-order valence-electron chi connectivity index (χ4n) is 10.7. The van der Waals surface area contributed by atoms with E-state index in [1.807, 2.05) is 0 Å². The fraction of sp³-hybridized carbons (Fsp3) is 0.471. The predicted molar refractivity (Wildman–Crippen MR) is 380 cm³/mol. The average molecular weight is 1530 g/mol. The third-order valence-electron chi connectivity index (χ3n) is 16.4. The SMILES string of the molecule is COc1ccc2c(CC(=O)NC(CO)C(=O)NC(CCC(=O)O)C(=O)NC(C(=O)NC(CC(N)=O)C(=O)NC(CC(C)C)C(=O)NC(CC(=O)O)C(=O)NC(C)C(=O)NC(CCC(=O)O)C(=O)NC(Cc3ccccc3)C(=O)NC(CCCCNc3ccc([N+](=O)[O-])cc3[N+](=O)[O-])C(N)=O)C(C)C)cc(=O)oc2c1. The third kappa shape index (κ3) is 29.6. The molecule has 3 aromatic carbocycles. The largest absolute Gasteiger partial charge is 0.497 e. The van der Waals surface area contributed by atoms with E-state index >= 15 is 0 Å². The van der Waals surface area contributed by atoms with Crippen molar-refractivity contribution < 1.29 is 111 Å². The van der Waals surface area contributed by atoms with E-state index in [9.17, 15) is 117 Å². The maximum atomic E-state index is 14.2. The number of nitro benzene ring substituents is 2. The summed E-state index contributed by atoms with van der Waals surface area (Å²) < 4.78 is 10.4. The first-order chi connectivity index (χ1) is 51.3. The molecular weight excluding hydrogens is 1440 g/mol. The number of nitrogens with one attached hydrogen (secondary N) is 11. The number of ether oxygens (including phenoxy) is 1. The van der Waals surface area contributed by atoms with Crippen LogP contribution in [0.4, 0.5) is 17.1 Å². The van der Waals surface area contributed by atoms with Crippen molar-refractivity contribution in [1.82, 2.24) is 53.2 Å². The molecule has 592 valence electrons. The van der Waals surface area contributed by atoms with Gasteiger partial charge in [0.1, 0.15) is 77.4 Å². The summed E-state index contributed by atoms with van der Waals surface area (Å²) in [6.45, 7) is 6.03. The maximum absolute atomic E-state index is 14.2. The van der Waals surface area contributed by atoms with Gasteiger partial charge in [-0.3, -0.25) is 92.1 Å². The molecule has 0 bridgehead atoms. The van der Waals surface area contributed by atoms with Crippen molar-refractivity contribution in [2.75, 3.05) is 25.6 Å². The number of nitro groups is 2. The van der Waals surface area contributed by atoms with Crippen LogP contribution in [0.5, 0.6) is 5.75 Å². The molecule has 19 N–H and O–H groups in total. The van der Waals surface area contributed by atoms with E-state index in [0.717, 1.165) is 31.2 Å². The predicted octanol–water partition coefficient (Wildman–Crippen LogP) is -2.19. The highest BCUT2D eigenvalue weighted by Crippen LogP contribution is 2.29. The first-order valence-electron chi connectivity index (χ1n) is 34.0. The van der Waals surface area contributed by atoms with Gasteiger partial charge in [0.15, 0.2) is 0 Å². The molecule has 0 spiro atoms. The minimum atomic E-state index is -2.06. The minimum absolute atomic E-state index is 0.0325. The Balaban J connectivity index is 1.47. The van der Waals surface area contributed by atoms with Crippen LogP contribution in [0.2, 0.25) is 0 Å². The van der Waals surface area contributed by atoms with Gasteiger partial charge in [0.05, 0.1) is 48.9 Å². The van der Waals surface area contributed by atoms with Crippen molar-refractivity contribution in [2.24, 2.45) is 23.3 Å². The summed E-state index contributed by atoms with van der Waals surface area (Å²) in [5.41, 5.74) is 9.87. The monoisotopic (exact) mass is 1530 g/mol. The van der Waals surface area contributed by atoms with Gasteiger partial charge in [-0.25, -0.2) is 4.79 Å². The van der Waals surface area contributed by atoms with Crippen LogP contribution < -0.4 is 80.3 Å². The lowest BCUT2D eigenvalue weighted by molar-refractivity contribution is -0.393. The summed E-state index contributed by atoms with van der Waals surface area (Å²) in [4.78, 5) is 234. The number of primary amides is 2. The molecule has 10 unspecified atom stereocenters. The van der Waals surface area contributed by atoms with Gasteiger partial charge >= 0.3 is 23.5 Å². The van der Waals surface area contributed by atoms with E-state index in [2.05, 4.69) is 58.5 Å². The number of aliphatic carboxylic acids is 3. The Bertz CT molecular complexity index is 4080. The van der Waals surface area contributed by atoms with E-state index in [1.54, 1.807) is 44.2 Å². The van der Waals surface area contributed by atoms with Crippen LogP contribution in [-0.4, -0.2) is 200 Å². The second kappa shape index (κ2) is 43.0. The van der Waals surface area contributed by atoms with E-state index in [4.69, 9.17) is 20.6 Å². The molecule has 4 rings (SSSR count). The molecule has 0 radical (unpaired) electrons. The number of carboxylic acid groups (broad SMARTS) is 3. The number of aliphatic hydroxyl groups excluding tert-OH is 1. The Labute approximate surface area is 620 Å². The molecule has 12 amide bonds. The summed E-state index contributed by atoms with van der Waals surface area (Å²) in [5, 5.41) is 88.3. The van der Waals surface area contributed by atoms with Crippen LogP contribution in [0.25, 0.3) is 11.0 Å². The topological polar surface area (TPSA) is 647 Å². The van der Waals surface area contributed by atoms with Crippen molar-refractivity contribution in [2.45, 2.75) is 172 Å². The number of carbonyl (C=O) groups excluding carboxylic acids is 12. The van der Waals surface area contributed by atoms with Gasteiger partial charge in [-0.05, 0) is 86.6 Å². The zero-order valence-corrected chi connectivity index (χ0v) is 60.1. The van der Waals surface area contributed by atoms with Gasteiger partial charge in [-0.15, -0.1) is 0 Å². The van der Waals surface area contributed by atoms with Gasteiger partial charge < -0.3 is 99.5 Å². The number of nitrogens with two attached hydrogens (primary N) is 2. The minimum Gasteiger partial charge on any atom is -0.497 e. The zero-order valence-electron chi connectivity index (χ0n) is 60.1. The number of aliphatic hydroxyl groups is 1. The van der Waals surface area contributed by atoms with Crippen molar-refractivity contribution >= 4 is 117 Å². The lowest BCUT2D eigenvalue weighted by Crippen LogP contribution is -2.61. The second-order valence-corrected chi connectivity index (χ2v) is 25.8. The van der Waals surface area contributed by atoms with E-state index in [0.29, 0.717) is 16.7 Å².